The Morgan fingerprint density at radius 1 is 1.09 bits per heavy atom. The van der Waals surface area contributed by atoms with Gasteiger partial charge in [-0.1, -0.05) is 17.5 Å². The lowest BCUT2D eigenvalue weighted by atomic mass is 10.1. The topological polar surface area (TPSA) is 58.2 Å². The molecule has 2 aromatic rings. The number of halogens is 6. The predicted octanol–water partition coefficient (Wildman–Crippen LogP) is 5.18. The van der Waals surface area contributed by atoms with Gasteiger partial charge in [0.1, 0.15) is 9.87 Å². The molecule has 0 saturated heterocycles. The van der Waals surface area contributed by atoms with Gasteiger partial charge in [-0.25, -0.2) is 13.2 Å². The summed E-state index contributed by atoms with van der Waals surface area (Å²) in [4.78, 5) is 25.3. The van der Waals surface area contributed by atoms with Crippen molar-refractivity contribution >= 4 is 52.3 Å². The average Bonchev–Trinajstić information content (AvgIpc) is 3.62. The van der Waals surface area contributed by atoms with E-state index in [0.29, 0.717) is 12.8 Å². The van der Waals surface area contributed by atoms with Crippen LogP contribution >= 0.6 is 34.8 Å². The van der Waals surface area contributed by atoms with Crippen LogP contribution in [0.15, 0.2) is 30.3 Å². The number of amides is 2. The van der Waals surface area contributed by atoms with E-state index < -0.39 is 51.0 Å². The number of hydrogen-bond acceptors (Lipinski definition) is 2. The molecule has 2 N–H and O–H groups in total. The molecule has 0 spiro atoms. The van der Waals surface area contributed by atoms with Gasteiger partial charge in [0.25, 0.3) is 5.91 Å². The average molecular weight is 502 g/mol. The number of carbonyl (C=O) groups excluding carboxylic acids is 2. The molecule has 32 heavy (non-hydrogen) atoms. The number of anilines is 1. The summed E-state index contributed by atoms with van der Waals surface area (Å²) in [6.07, 6.45) is 6.75. The van der Waals surface area contributed by atoms with Crippen molar-refractivity contribution in [1.82, 2.24) is 5.32 Å². The monoisotopic (exact) mass is 500 g/mol. The zero-order valence-corrected chi connectivity index (χ0v) is 18.4. The van der Waals surface area contributed by atoms with Crippen LogP contribution in [0.25, 0.3) is 0 Å². The number of alkyl halides is 2. The van der Waals surface area contributed by atoms with Crippen molar-refractivity contribution in [3.05, 3.63) is 63.9 Å². The summed E-state index contributed by atoms with van der Waals surface area (Å²) in [7, 11) is 0. The van der Waals surface area contributed by atoms with E-state index in [4.69, 9.17) is 41.2 Å². The Morgan fingerprint density at radius 3 is 2.28 bits per heavy atom. The highest BCUT2D eigenvalue weighted by molar-refractivity contribution is 6.53. The SMILES string of the molecule is C#CC1(NC(=O)c2cc(NC(=O)C3C(c4cc(F)c(F)c(F)c4)C3(Cl)Cl)ccc2Cl)CC1. The molecule has 2 unspecified atom stereocenters. The van der Waals surface area contributed by atoms with E-state index in [9.17, 15) is 22.8 Å². The van der Waals surface area contributed by atoms with E-state index >= 15 is 0 Å². The minimum absolute atomic E-state index is 0.0493. The molecule has 4 rings (SSSR count). The van der Waals surface area contributed by atoms with Crippen LogP contribution in [0, 0.1) is 35.7 Å². The second-order valence-electron chi connectivity index (χ2n) is 7.79. The Bertz CT molecular complexity index is 1170. The molecule has 2 saturated carbocycles. The van der Waals surface area contributed by atoms with Crippen molar-refractivity contribution in [3.63, 3.8) is 0 Å². The summed E-state index contributed by atoms with van der Waals surface area (Å²) in [6.45, 7) is 0. The van der Waals surface area contributed by atoms with Crippen molar-refractivity contribution in [2.75, 3.05) is 5.32 Å². The Hall–Kier alpha value is -2.40. The molecular weight excluding hydrogens is 488 g/mol. The molecule has 0 radical (unpaired) electrons. The summed E-state index contributed by atoms with van der Waals surface area (Å²) in [6, 6.07) is 5.75. The maximum absolute atomic E-state index is 13.6. The molecule has 2 amide bonds. The van der Waals surface area contributed by atoms with Crippen LogP contribution in [-0.4, -0.2) is 21.7 Å². The number of terminal acetylenes is 1. The molecule has 166 valence electrons. The standard InChI is InChI=1S/C22H14Cl3F3N2O2/c1-2-21(5-6-21)30-19(31)12-9-11(3-4-13(12)23)29-20(32)17-16(22(17,24)25)10-7-14(26)18(28)15(27)8-10/h1,3-4,7-9,16-17H,5-6H2,(H,29,32)(H,30,31). The lowest BCUT2D eigenvalue weighted by molar-refractivity contribution is -0.117. The maximum atomic E-state index is 13.6. The Labute approximate surface area is 196 Å². The third-order valence-electron chi connectivity index (χ3n) is 5.56. The van der Waals surface area contributed by atoms with Gasteiger partial charge in [-0.2, -0.15) is 0 Å². The summed E-state index contributed by atoms with van der Waals surface area (Å²) in [5, 5.41) is 5.45. The molecule has 0 aliphatic heterocycles. The van der Waals surface area contributed by atoms with Crippen molar-refractivity contribution in [2.24, 2.45) is 5.92 Å². The second kappa shape index (κ2) is 7.87. The van der Waals surface area contributed by atoms with Crippen LogP contribution in [0.4, 0.5) is 18.9 Å². The fourth-order valence-electron chi connectivity index (χ4n) is 3.53. The first-order valence-corrected chi connectivity index (χ1v) is 10.6. The third-order valence-corrected chi connectivity index (χ3v) is 6.83. The lowest BCUT2D eigenvalue weighted by Crippen LogP contribution is -2.35. The zero-order valence-electron chi connectivity index (χ0n) is 16.1. The van der Waals surface area contributed by atoms with Gasteiger partial charge in [-0.05, 0) is 48.7 Å². The van der Waals surface area contributed by atoms with Crippen molar-refractivity contribution in [3.8, 4) is 12.3 Å². The molecule has 2 fully saturated rings. The summed E-state index contributed by atoms with van der Waals surface area (Å²) >= 11 is 18.5. The van der Waals surface area contributed by atoms with Gasteiger partial charge < -0.3 is 10.6 Å². The quantitative estimate of drug-likeness (QED) is 0.337. The molecule has 4 nitrogen and oxygen atoms in total. The van der Waals surface area contributed by atoms with E-state index in [1.165, 1.54) is 18.2 Å². The summed E-state index contributed by atoms with van der Waals surface area (Å²) < 4.78 is 38.8. The van der Waals surface area contributed by atoms with Gasteiger partial charge in [-0.15, -0.1) is 29.6 Å². The van der Waals surface area contributed by atoms with Crippen LogP contribution in [0.2, 0.25) is 5.02 Å². The Kier molecular flexibility index (Phi) is 5.61. The summed E-state index contributed by atoms with van der Waals surface area (Å²) in [5.74, 6) is -5.10. The van der Waals surface area contributed by atoms with Gasteiger partial charge in [-0.3, -0.25) is 9.59 Å². The van der Waals surface area contributed by atoms with Gasteiger partial charge in [0, 0.05) is 11.6 Å². The van der Waals surface area contributed by atoms with Crippen LogP contribution < -0.4 is 10.6 Å². The fourth-order valence-corrected chi connectivity index (χ4v) is 4.57. The first kappa shape index (κ1) is 22.8. The first-order chi connectivity index (χ1) is 15.0. The predicted molar refractivity (Wildman–Crippen MR) is 115 cm³/mol. The van der Waals surface area contributed by atoms with Crippen LogP contribution in [0.3, 0.4) is 0 Å². The largest absolute Gasteiger partial charge is 0.336 e. The highest BCUT2D eigenvalue weighted by atomic mass is 35.5. The molecule has 2 aromatic carbocycles. The van der Waals surface area contributed by atoms with Gasteiger partial charge in [0.2, 0.25) is 5.91 Å². The first-order valence-electron chi connectivity index (χ1n) is 9.42. The van der Waals surface area contributed by atoms with Crippen LogP contribution in [0.5, 0.6) is 0 Å². The number of hydrogen-bond donors (Lipinski definition) is 2. The van der Waals surface area contributed by atoms with Crippen molar-refractivity contribution in [2.45, 2.75) is 28.6 Å². The fraction of sp³-hybridized carbons (Fsp3) is 0.273. The zero-order chi connectivity index (χ0) is 23.4. The van der Waals surface area contributed by atoms with Gasteiger partial charge in [0.05, 0.1) is 16.5 Å². The number of benzene rings is 2. The molecule has 2 atom stereocenters. The Balaban J connectivity index is 1.52. The Morgan fingerprint density at radius 2 is 1.72 bits per heavy atom. The second-order valence-corrected chi connectivity index (χ2v) is 9.64. The molecule has 2 aliphatic rings. The highest BCUT2D eigenvalue weighted by Gasteiger charge is 2.67. The van der Waals surface area contributed by atoms with E-state index in [1.54, 1.807) is 0 Å². The molecule has 0 bridgehead atoms. The minimum Gasteiger partial charge on any atom is -0.336 e. The number of carbonyl (C=O) groups is 2. The molecule has 2 aliphatic carbocycles. The molecular formula is C22H14Cl3F3N2O2. The summed E-state index contributed by atoms with van der Waals surface area (Å²) in [5.41, 5.74) is -0.408. The van der Waals surface area contributed by atoms with Crippen molar-refractivity contribution in [1.29, 1.82) is 0 Å². The van der Waals surface area contributed by atoms with Gasteiger partial charge >= 0.3 is 0 Å². The number of nitrogens with one attached hydrogen (secondary N) is 2. The highest BCUT2D eigenvalue weighted by Crippen LogP contribution is 2.65. The van der Waals surface area contributed by atoms with E-state index in [-0.39, 0.29) is 21.8 Å². The lowest BCUT2D eigenvalue weighted by Gasteiger charge is -2.13. The van der Waals surface area contributed by atoms with E-state index in [2.05, 4.69) is 16.6 Å². The van der Waals surface area contributed by atoms with E-state index in [1.807, 2.05) is 0 Å². The maximum Gasteiger partial charge on any atom is 0.254 e. The minimum atomic E-state index is -1.65. The van der Waals surface area contributed by atoms with Crippen LogP contribution in [0.1, 0.15) is 34.7 Å². The smallest absolute Gasteiger partial charge is 0.254 e. The van der Waals surface area contributed by atoms with Crippen molar-refractivity contribution < 1.29 is 22.8 Å². The van der Waals surface area contributed by atoms with Gasteiger partial charge in [0.15, 0.2) is 17.5 Å². The normalized spacial score (nSPS) is 21.9. The molecule has 0 heterocycles. The third kappa shape index (κ3) is 4.03. The van der Waals surface area contributed by atoms with E-state index in [0.717, 1.165) is 12.1 Å². The van der Waals surface area contributed by atoms with Crippen LogP contribution in [-0.2, 0) is 4.79 Å². The molecule has 0 aromatic heterocycles. The molecule has 10 heteroatoms. The number of rotatable bonds is 5.